The third-order valence-electron chi connectivity index (χ3n) is 2.32. The number of rotatable bonds is 8. The molecule has 3 heteroatoms. The van der Waals surface area contributed by atoms with Crippen molar-refractivity contribution in [3.8, 4) is 0 Å². The quantitative estimate of drug-likeness (QED) is 0.587. The van der Waals surface area contributed by atoms with Crippen molar-refractivity contribution < 1.29 is 9.47 Å². The zero-order valence-corrected chi connectivity index (χ0v) is 9.08. The Morgan fingerprint density at radius 2 is 2.00 bits per heavy atom. The zero-order valence-electron chi connectivity index (χ0n) is 9.08. The first-order valence-corrected chi connectivity index (χ1v) is 5.04. The van der Waals surface area contributed by atoms with Gasteiger partial charge in [0.1, 0.15) is 0 Å². The molecular weight excluding hydrogens is 166 g/mol. The summed E-state index contributed by atoms with van der Waals surface area (Å²) < 4.78 is 10.3. The topological polar surface area (TPSA) is 44.5 Å². The summed E-state index contributed by atoms with van der Waals surface area (Å²) in [6.07, 6.45) is 2.06. The van der Waals surface area contributed by atoms with E-state index in [1.807, 2.05) is 0 Å². The van der Waals surface area contributed by atoms with E-state index < -0.39 is 0 Å². The largest absolute Gasteiger partial charge is 0.385 e. The summed E-state index contributed by atoms with van der Waals surface area (Å²) in [6.45, 7) is 6.48. The van der Waals surface area contributed by atoms with E-state index >= 15 is 0 Å². The number of nitrogens with two attached hydrogens (primary N) is 1. The van der Waals surface area contributed by atoms with Crippen LogP contribution in [0.2, 0.25) is 0 Å². The average Bonchev–Trinajstić information content (AvgIpc) is 2.16. The van der Waals surface area contributed by atoms with Crippen molar-refractivity contribution in [2.45, 2.75) is 32.7 Å². The molecule has 2 N–H and O–H groups in total. The van der Waals surface area contributed by atoms with Crippen LogP contribution >= 0.6 is 0 Å². The lowest BCUT2D eigenvalue weighted by Gasteiger charge is -2.17. The van der Waals surface area contributed by atoms with Gasteiger partial charge in [0.25, 0.3) is 0 Å². The Morgan fingerprint density at radius 1 is 1.31 bits per heavy atom. The monoisotopic (exact) mass is 189 g/mol. The molecule has 13 heavy (non-hydrogen) atoms. The van der Waals surface area contributed by atoms with Gasteiger partial charge >= 0.3 is 0 Å². The van der Waals surface area contributed by atoms with Gasteiger partial charge in [0.15, 0.2) is 0 Å². The van der Waals surface area contributed by atoms with Gasteiger partial charge in [-0.1, -0.05) is 20.3 Å². The Balaban J connectivity index is 3.21. The third kappa shape index (κ3) is 6.99. The predicted molar refractivity (Wildman–Crippen MR) is 54.7 cm³/mol. The number of hydrogen-bond acceptors (Lipinski definition) is 3. The zero-order chi connectivity index (χ0) is 10.1. The van der Waals surface area contributed by atoms with Crippen molar-refractivity contribution in [2.24, 2.45) is 11.7 Å². The molecule has 2 unspecified atom stereocenters. The van der Waals surface area contributed by atoms with E-state index in [0.29, 0.717) is 12.5 Å². The van der Waals surface area contributed by atoms with Crippen molar-refractivity contribution in [1.82, 2.24) is 0 Å². The normalized spacial score (nSPS) is 15.7. The van der Waals surface area contributed by atoms with Crippen LogP contribution in [0.15, 0.2) is 0 Å². The van der Waals surface area contributed by atoms with Crippen LogP contribution in [0.4, 0.5) is 0 Å². The van der Waals surface area contributed by atoms with Crippen LogP contribution in [0, 0.1) is 5.92 Å². The maximum atomic E-state index is 5.89. The summed E-state index contributed by atoms with van der Waals surface area (Å²) in [4.78, 5) is 0. The van der Waals surface area contributed by atoms with E-state index in [1.165, 1.54) is 0 Å². The van der Waals surface area contributed by atoms with Crippen LogP contribution in [0.1, 0.15) is 26.7 Å². The fraction of sp³-hybridized carbons (Fsp3) is 1.00. The first-order chi connectivity index (χ1) is 6.22. The Bertz CT molecular complexity index is 109. The van der Waals surface area contributed by atoms with E-state index in [2.05, 4.69) is 13.8 Å². The highest BCUT2D eigenvalue weighted by atomic mass is 16.5. The molecule has 80 valence electrons. The van der Waals surface area contributed by atoms with Crippen molar-refractivity contribution in [3.05, 3.63) is 0 Å². The smallest absolute Gasteiger partial charge is 0.0620 e. The lowest BCUT2D eigenvalue weighted by molar-refractivity contribution is 0.0847. The molecule has 0 aromatic heterocycles. The fourth-order valence-corrected chi connectivity index (χ4v) is 0.992. The highest BCUT2D eigenvalue weighted by Crippen LogP contribution is 2.05. The maximum absolute atomic E-state index is 5.89. The minimum atomic E-state index is 0.174. The van der Waals surface area contributed by atoms with Gasteiger partial charge in [0.05, 0.1) is 6.61 Å². The van der Waals surface area contributed by atoms with Crippen molar-refractivity contribution >= 4 is 0 Å². The van der Waals surface area contributed by atoms with Crippen molar-refractivity contribution in [1.29, 1.82) is 0 Å². The molecular formula is C10H23NO2. The van der Waals surface area contributed by atoms with Crippen LogP contribution in [-0.4, -0.2) is 33.0 Å². The molecule has 0 amide bonds. The Morgan fingerprint density at radius 3 is 2.54 bits per heavy atom. The SMILES string of the molecule is CCC(C)C(N)COCCCOC. The van der Waals surface area contributed by atoms with E-state index in [0.717, 1.165) is 26.1 Å². The Kier molecular flexibility index (Phi) is 8.40. The van der Waals surface area contributed by atoms with Crippen LogP contribution in [0.3, 0.4) is 0 Å². The Labute approximate surface area is 81.6 Å². The van der Waals surface area contributed by atoms with Crippen LogP contribution < -0.4 is 5.73 Å². The lowest BCUT2D eigenvalue weighted by atomic mass is 10.0. The van der Waals surface area contributed by atoms with Gasteiger partial charge in [-0.25, -0.2) is 0 Å². The molecule has 3 nitrogen and oxygen atoms in total. The second-order valence-electron chi connectivity index (χ2n) is 3.47. The summed E-state index contributed by atoms with van der Waals surface area (Å²) >= 11 is 0. The van der Waals surface area contributed by atoms with Gasteiger partial charge in [0, 0.05) is 26.4 Å². The van der Waals surface area contributed by atoms with Crippen LogP contribution in [-0.2, 0) is 9.47 Å². The summed E-state index contributed by atoms with van der Waals surface area (Å²) in [5.74, 6) is 0.544. The van der Waals surface area contributed by atoms with Gasteiger partial charge in [-0.05, 0) is 12.3 Å². The molecule has 0 bridgehead atoms. The minimum Gasteiger partial charge on any atom is -0.385 e. The number of methoxy groups -OCH3 is 1. The van der Waals surface area contributed by atoms with Gasteiger partial charge < -0.3 is 15.2 Å². The van der Waals surface area contributed by atoms with Gasteiger partial charge in [-0.2, -0.15) is 0 Å². The highest BCUT2D eigenvalue weighted by Gasteiger charge is 2.09. The molecule has 0 aliphatic rings. The summed E-state index contributed by atoms with van der Waals surface area (Å²) in [6, 6.07) is 0.174. The maximum Gasteiger partial charge on any atom is 0.0620 e. The molecule has 0 saturated heterocycles. The second-order valence-corrected chi connectivity index (χ2v) is 3.47. The van der Waals surface area contributed by atoms with E-state index in [9.17, 15) is 0 Å². The van der Waals surface area contributed by atoms with Crippen molar-refractivity contribution in [2.75, 3.05) is 26.9 Å². The molecule has 0 spiro atoms. The van der Waals surface area contributed by atoms with E-state index in [-0.39, 0.29) is 6.04 Å². The molecule has 0 aromatic carbocycles. The third-order valence-corrected chi connectivity index (χ3v) is 2.32. The highest BCUT2D eigenvalue weighted by molar-refractivity contribution is 4.66. The standard InChI is InChI=1S/C10H23NO2/c1-4-9(2)10(11)8-13-7-5-6-12-3/h9-10H,4-8,11H2,1-3H3. The molecule has 0 aliphatic heterocycles. The first-order valence-electron chi connectivity index (χ1n) is 5.04. The van der Waals surface area contributed by atoms with Crippen molar-refractivity contribution in [3.63, 3.8) is 0 Å². The van der Waals surface area contributed by atoms with Crippen LogP contribution in [0.5, 0.6) is 0 Å². The Hall–Kier alpha value is -0.120. The molecule has 0 saturated carbocycles. The number of ether oxygens (including phenoxy) is 2. The van der Waals surface area contributed by atoms with E-state index in [1.54, 1.807) is 7.11 Å². The fourth-order valence-electron chi connectivity index (χ4n) is 0.992. The summed E-state index contributed by atoms with van der Waals surface area (Å²) in [7, 11) is 1.70. The molecule has 0 fully saturated rings. The molecule has 0 heterocycles. The van der Waals surface area contributed by atoms with Gasteiger partial charge in [-0.15, -0.1) is 0 Å². The number of hydrogen-bond donors (Lipinski definition) is 1. The summed E-state index contributed by atoms with van der Waals surface area (Å²) in [5, 5.41) is 0. The summed E-state index contributed by atoms with van der Waals surface area (Å²) in [5.41, 5.74) is 5.89. The molecule has 0 radical (unpaired) electrons. The van der Waals surface area contributed by atoms with Crippen LogP contribution in [0.25, 0.3) is 0 Å². The second kappa shape index (κ2) is 8.48. The predicted octanol–water partition coefficient (Wildman–Crippen LogP) is 1.41. The average molecular weight is 189 g/mol. The molecule has 2 atom stereocenters. The van der Waals surface area contributed by atoms with Gasteiger partial charge in [0.2, 0.25) is 0 Å². The van der Waals surface area contributed by atoms with Gasteiger partial charge in [-0.3, -0.25) is 0 Å². The molecule has 0 aliphatic carbocycles. The first kappa shape index (κ1) is 12.9. The minimum absolute atomic E-state index is 0.174. The molecule has 0 aromatic rings. The molecule has 0 rings (SSSR count). The van der Waals surface area contributed by atoms with E-state index in [4.69, 9.17) is 15.2 Å². The lowest BCUT2D eigenvalue weighted by Crippen LogP contribution is -2.33.